The van der Waals surface area contributed by atoms with E-state index in [1.165, 1.54) is 0 Å². The molecule has 18 heavy (non-hydrogen) atoms. The zero-order valence-corrected chi connectivity index (χ0v) is 11.0. The number of amides is 1. The Morgan fingerprint density at radius 2 is 1.50 bits per heavy atom. The lowest BCUT2D eigenvalue weighted by atomic mass is 10.1. The van der Waals surface area contributed by atoms with Gasteiger partial charge in [-0.2, -0.15) is 0 Å². The Kier molecular flexibility index (Phi) is 4.00. The van der Waals surface area contributed by atoms with Crippen LogP contribution in [-0.2, 0) is 4.79 Å². The SMILES string of the molecule is CCC(=O)Nc1ccc(-c2ccc([ClH+])cc2)cc1. The summed E-state index contributed by atoms with van der Waals surface area (Å²) in [7, 11) is 0. The number of nitrogens with one attached hydrogen (secondary N) is 1. The van der Waals surface area contributed by atoms with Crippen LogP contribution >= 0.6 is 0 Å². The van der Waals surface area contributed by atoms with Crippen LogP contribution in [0.2, 0.25) is 5.02 Å². The highest BCUT2D eigenvalue weighted by molar-refractivity contribution is 5.90. The third-order valence-electron chi connectivity index (χ3n) is 2.68. The molecule has 0 aromatic heterocycles. The topological polar surface area (TPSA) is 29.1 Å². The maximum Gasteiger partial charge on any atom is 0.225 e. The second-order valence-electron chi connectivity index (χ2n) is 4.00. The molecule has 0 saturated heterocycles. The summed E-state index contributed by atoms with van der Waals surface area (Å²) in [5.74, 6) is 0.0261. The summed E-state index contributed by atoms with van der Waals surface area (Å²) in [6.45, 7) is 1.83. The molecule has 2 aromatic carbocycles. The first-order valence-corrected chi connectivity index (χ1v) is 6.27. The highest BCUT2D eigenvalue weighted by atomic mass is 35.5. The van der Waals surface area contributed by atoms with Crippen molar-refractivity contribution in [1.82, 2.24) is 0 Å². The van der Waals surface area contributed by atoms with E-state index in [4.69, 9.17) is 11.6 Å². The first-order valence-electron chi connectivity index (χ1n) is 5.86. The maximum absolute atomic E-state index is 11.3. The van der Waals surface area contributed by atoms with E-state index in [-0.39, 0.29) is 5.91 Å². The van der Waals surface area contributed by atoms with Gasteiger partial charge in [-0.15, -0.1) is 0 Å². The minimum atomic E-state index is 0.0261. The number of rotatable bonds is 3. The molecular formula is C15H15ClNO+. The van der Waals surface area contributed by atoms with Crippen LogP contribution in [0.1, 0.15) is 13.3 Å². The van der Waals surface area contributed by atoms with Crippen LogP contribution in [0.3, 0.4) is 0 Å². The molecule has 92 valence electrons. The van der Waals surface area contributed by atoms with Gasteiger partial charge in [-0.25, -0.2) is 0 Å². The molecule has 0 unspecified atom stereocenters. The van der Waals surface area contributed by atoms with Gasteiger partial charge >= 0.3 is 0 Å². The van der Waals surface area contributed by atoms with Crippen molar-refractivity contribution in [3.05, 3.63) is 53.6 Å². The van der Waals surface area contributed by atoms with Crippen LogP contribution < -0.4 is 5.32 Å². The van der Waals surface area contributed by atoms with Crippen molar-refractivity contribution in [2.75, 3.05) is 5.32 Å². The number of carbonyl (C=O) groups excluding carboxylic acids is 1. The lowest BCUT2D eigenvalue weighted by Gasteiger charge is -2.05. The first kappa shape index (κ1) is 12.7. The van der Waals surface area contributed by atoms with Crippen molar-refractivity contribution >= 4 is 11.6 Å². The second-order valence-corrected chi connectivity index (χ2v) is 4.47. The quantitative estimate of drug-likeness (QED) is 0.900. The minimum Gasteiger partial charge on any atom is -0.326 e. The molecule has 2 nitrogen and oxygen atoms in total. The van der Waals surface area contributed by atoms with E-state index >= 15 is 0 Å². The first-order chi connectivity index (χ1) is 8.69. The fourth-order valence-electron chi connectivity index (χ4n) is 1.64. The van der Waals surface area contributed by atoms with Gasteiger partial charge in [0.15, 0.2) is 11.6 Å². The molecule has 0 aliphatic carbocycles. The van der Waals surface area contributed by atoms with Crippen LogP contribution in [-0.4, -0.2) is 5.91 Å². The van der Waals surface area contributed by atoms with E-state index < -0.39 is 0 Å². The summed E-state index contributed by atoms with van der Waals surface area (Å²) in [6.07, 6.45) is 0.488. The van der Waals surface area contributed by atoms with E-state index in [0.29, 0.717) is 6.42 Å². The van der Waals surface area contributed by atoms with Crippen LogP contribution in [0.25, 0.3) is 11.1 Å². The van der Waals surface area contributed by atoms with E-state index in [1.54, 1.807) is 0 Å². The molecule has 0 saturated carbocycles. The molecule has 0 aliphatic heterocycles. The standard InChI is InChI=1S/C15H14ClNO/c1-2-15(18)17-14-9-5-12(6-10-14)11-3-7-13(16)8-4-11/h3-10,16H,2H2,1H3/p+1. The fourth-order valence-corrected chi connectivity index (χ4v) is 1.78. The van der Waals surface area contributed by atoms with Crippen LogP contribution in [0.15, 0.2) is 48.5 Å². The van der Waals surface area contributed by atoms with Gasteiger partial charge in [-0.05, 0) is 35.4 Å². The zero-order chi connectivity index (χ0) is 13.0. The highest BCUT2D eigenvalue weighted by Gasteiger charge is 2.02. The molecule has 0 heterocycles. The predicted octanol–water partition coefficient (Wildman–Crippen LogP) is 3.40. The van der Waals surface area contributed by atoms with Gasteiger partial charge < -0.3 is 5.32 Å². The molecule has 2 aromatic rings. The van der Waals surface area contributed by atoms with Gasteiger partial charge in [0.25, 0.3) is 0 Å². The molecule has 0 radical (unpaired) electrons. The van der Waals surface area contributed by atoms with E-state index in [0.717, 1.165) is 21.8 Å². The minimum absolute atomic E-state index is 0.0261. The molecule has 0 fully saturated rings. The highest BCUT2D eigenvalue weighted by Crippen LogP contribution is 2.22. The lowest BCUT2D eigenvalue weighted by molar-refractivity contribution is -0.288. The number of hydrogen-bond acceptors (Lipinski definition) is 1. The molecule has 1 N–H and O–H groups in total. The Morgan fingerprint density at radius 3 is 2.00 bits per heavy atom. The van der Waals surface area contributed by atoms with E-state index in [1.807, 2.05) is 55.5 Å². The zero-order valence-electron chi connectivity index (χ0n) is 10.1. The van der Waals surface area contributed by atoms with Crippen molar-refractivity contribution in [1.29, 1.82) is 0 Å². The summed E-state index contributed by atoms with van der Waals surface area (Å²) in [5, 5.41) is 3.66. The Labute approximate surface area is 112 Å². The average Bonchev–Trinajstić information content (AvgIpc) is 2.40. The normalized spacial score (nSPS) is 10.1. The number of anilines is 1. The van der Waals surface area contributed by atoms with Crippen molar-refractivity contribution in [3.8, 4) is 11.1 Å². The summed E-state index contributed by atoms with van der Waals surface area (Å²) in [4.78, 5) is 11.3. The third kappa shape index (κ3) is 3.11. The summed E-state index contributed by atoms with van der Waals surface area (Å²) in [6, 6.07) is 15.6. The second kappa shape index (κ2) is 5.69. The number of hydrogen-bond donors (Lipinski definition) is 1. The molecular weight excluding hydrogens is 246 g/mol. The molecule has 0 aliphatic rings. The summed E-state index contributed by atoms with van der Waals surface area (Å²) in [5.41, 5.74) is 3.06. The number of benzene rings is 2. The molecule has 2 rings (SSSR count). The van der Waals surface area contributed by atoms with Crippen LogP contribution in [0.4, 0.5) is 5.69 Å². The Balaban J connectivity index is 2.17. The van der Waals surface area contributed by atoms with Gasteiger partial charge in [0.2, 0.25) is 10.9 Å². The molecule has 0 spiro atoms. The van der Waals surface area contributed by atoms with Crippen LogP contribution in [0, 0.1) is 11.6 Å². The lowest BCUT2D eigenvalue weighted by Crippen LogP contribution is -2.08. The van der Waals surface area contributed by atoms with Gasteiger partial charge in [0, 0.05) is 24.2 Å². The van der Waals surface area contributed by atoms with Gasteiger partial charge in [0.1, 0.15) is 0 Å². The Hall–Kier alpha value is -1.80. The Morgan fingerprint density at radius 1 is 1.00 bits per heavy atom. The van der Waals surface area contributed by atoms with Gasteiger partial charge in [-0.1, -0.05) is 19.1 Å². The molecule has 1 amide bonds. The number of halogens is 1. The van der Waals surface area contributed by atoms with Crippen molar-refractivity contribution in [3.63, 3.8) is 0 Å². The average molecular weight is 261 g/mol. The van der Waals surface area contributed by atoms with Crippen molar-refractivity contribution < 1.29 is 16.4 Å². The molecule has 3 heteroatoms. The van der Waals surface area contributed by atoms with Crippen molar-refractivity contribution in [2.45, 2.75) is 13.3 Å². The van der Waals surface area contributed by atoms with Gasteiger partial charge in [-0.3, -0.25) is 4.79 Å². The summed E-state index contributed by atoms with van der Waals surface area (Å²) < 4.78 is 0. The van der Waals surface area contributed by atoms with E-state index in [9.17, 15) is 4.79 Å². The summed E-state index contributed by atoms with van der Waals surface area (Å²) >= 11 is 5.06. The van der Waals surface area contributed by atoms with Crippen molar-refractivity contribution in [2.24, 2.45) is 0 Å². The predicted molar refractivity (Wildman–Crippen MR) is 71.4 cm³/mol. The smallest absolute Gasteiger partial charge is 0.225 e. The van der Waals surface area contributed by atoms with Crippen LogP contribution in [0.5, 0.6) is 0 Å². The maximum atomic E-state index is 11.3. The Bertz CT molecular complexity index is 531. The van der Waals surface area contributed by atoms with E-state index in [2.05, 4.69) is 5.32 Å². The third-order valence-corrected chi connectivity index (χ3v) is 2.95. The molecule has 0 bridgehead atoms. The van der Waals surface area contributed by atoms with Gasteiger partial charge in [0.05, 0.1) is 0 Å². The largest absolute Gasteiger partial charge is 0.326 e. The monoisotopic (exact) mass is 260 g/mol. The molecule has 0 atom stereocenters. The number of carbonyl (C=O) groups is 1. The fraction of sp³-hybridized carbons (Fsp3) is 0.133.